The summed E-state index contributed by atoms with van der Waals surface area (Å²) in [6.45, 7) is 0. The second-order valence-electron chi connectivity index (χ2n) is 3.57. The summed E-state index contributed by atoms with van der Waals surface area (Å²) in [4.78, 5) is 16.0. The molecule has 0 aliphatic heterocycles. The van der Waals surface area contributed by atoms with Crippen molar-refractivity contribution in [3.8, 4) is 0 Å². The summed E-state index contributed by atoms with van der Waals surface area (Å²) >= 11 is 12.0. The first kappa shape index (κ1) is 14.4. The van der Waals surface area contributed by atoms with E-state index in [0.29, 0.717) is 20.9 Å². The van der Waals surface area contributed by atoms with Gasteiger partial charge in [0.25, 0.3) is 5.91 Å². The lowest BCUT2D eigenvalue weighted by molar-refractivity contribution is 0.102. The molecule has 1 heterocycles. The summed E-state index contributed by atoms with van der Waals surface area (Å²) in [6.07, 6.45) is 1.45. The molecule has 0 unspecified atom stereocenters. The third kappa shape index (κ3) is 3.52. The minimum absolute atomic E-state index is 0.225. The highest BCUT2D eigenvalue weighted by atomic mass is 79.9. The SMILES string of the molecule is O=C(Nc1cc(Cl)cnc1Br)c1ccc(F)c(Br)c1. The minimum atomic E-state index is -0.429. The van der Waals surface area contributed by atoms with Gasteiger partial charge >= 0.3 is 0 Å². The molecule has 1 aromatic carbocycles. The van der Waals surface area contributed by atoms with Crippen LogP contribution < -0.4 is 5.32 Å². The van der Waals surface area contributed by atoms with Gasteiger partial charge in [-0.1, -0.05) is 11.6 Å². The molecule has 0 fully saturated rings. The molecule has 98 valence electrons. The van der Waals surface area contributed by atoms with Crippen LogP contribution in [0.25, 0.3) is 0 Å². The molecule has 19 heavy (non-hydrogen) atoms. The average Bonchev–Trinajstić information content (AvgIpc) is 2.37. The van der Waals surface area contributed by atoms with Crippen LogP contribution in [0.15, 0.2) is 39.5 Å². The van der Waals surface area contributed by atoms with Crippen molar-refractivity contribution >= 4 is 55.1 Å². The monoisotopic (exact) mass is 406 g/mol. The summed E-state index contributed by atoms with van der Waals surface area (Å²) in [6, 6.07) is 5.57. The van der Waals surface area contributed by atoms with Gasteiger partial charge in [-0.3, -0.25) is 4.79 Å². The molecule has 0 saturated heterocycles. The molecule has 0 radical (unpaired) electrons. The fourth-order valence-electron chi connectivity index (χ4n) is 1.34. The number of amides is 1. The van der Waals surface area contributed by atoms with Crippen LogP contribution in [0, 0.1) is 5.82 Å². The first-order chi connectivity index (χ1) is 8.97. The van der Waals surface area contributed by atoms with E-state index in [1.165, 1.54) is 24.4 Å². The van der Waals surface area contributed by atoms with Crippen molar-refractivity contribution in [2.45, 2.75) is 0 Å². The Hall–Kier alpha value is -0.980. The lowest BCUT2D eigenvalue weighted by Gasteiger charge is -2.07. The zero-order valence-electron chi connectivity index (χ0n) is 9.25. The van der Waals surface area contributed by atoms with Crippen LogP contribution in [-0.4, -0.2) is 10.9 Å². The zero-order chi connectivity index (χ0) is 14.0. The second-order valence-corrected chi connectivity index (χ2v) is 5.62. The maximum Gasteiger partial charge on any atom is 0.255 e. The zero-order valence-corrected chi connectivity index (χ0v) is 13.2. The standard InChI is InChI=1S/C12H6Br2ClFN2O/c13-8-3-6(1-2-9(8)16)12(19)18-10-4-7(15)5-17-11(10)14/h1-5H,(H,18,19). The van der Waals surface area contributed by atoms with E-state index in [-0.39, 0.29) is 10.4 Å². The van der Waals surface area contributed by atoms with Crippen LogP contribution in [0.2, 0.25) is 5.02 Å². The number of anilines is 1. The van der Waals surface area contributed by atoms with Gasteiger partial charge < -0.3 is 5.32 Å². The number of carbonyl (C=O) groups is 1. The van der Waals surface area contributed by atoms with E-state index < -0.39 is 5.82 Å². The smallest absolute Gasteiger partial charge is 0.255 e. The van der Waals surface area contributed by atoms with E-state index in [1.54, 1.807) is 6.07 Å². The van der Waals surface area contributed by atoms with Crippen LogP contribution in [0.4, 0.5) is 10.1 Å². The molecule has 7 heteroatoms. The number of hydrogen-bond donors (Lipinski definition) is 1. The fourth-order valence-corrected chi connectivity index (χ4v) is 2.19. The van der Waals surface area contributed by atoms with E-state index in [4.69, 9.17) is 11.6 Å². The predicted octanol–water partition coefficient (Wildman–Crippen LogP) is 4.65. The van der Waals surface area contributed by atoms with E-state index in [1.807, 2.05) is 0 Å². The van der Waals surface area contributed by atoms with Crippen LogP contribution in [-0.2, 0) is 0 Å². The van der Waals surface area contributed by atoms with Crippen LogP contribution in [0.5, 0.6) is 0 Å². The molecule has 1 amide bonds. The molecular weight excluding hydrogens is 402 g/mol. The Morgan fingerprint density at radius 2 is 2.05 bits per heavy atom. The van der Waals surface area contributed by atoms with Gasteiger partial charge in [0.05, 0.1) is 15.2 Å². The summed E-state index contributed by atoms with van der Waals surface area (Å²) in [5.41, 5.74) is 0.762. The molecule has 3 nitrogen and oxygen atoms in total. The summed E-state index contributed by atoms with van der Waals surface area (Å²) in [7, 11) is 0. The van der Waals surface area contributed by atoms with Crippen LogP contribution in [0.1, 0.15) is 10.4 Å². The number of carbonyl (C=O) groups excluding carboxylic acids is 1. The maximum absolute atomic E-state index is 13.1. The molecule has 0 aliphatic carbocycles. The molecule has 0 atom stereocenters. The van der Waals surface area contributed by atoms with Gasteiger partial charge in [-0.2, -0.15) is 0 Å². The quantitative estimate of drug-likeness (QED) is 0.735. The topological polar surface area (TPSA) is 42.0 Å². The van der Waals surface area contributed by atoms with Gasteiger partial charge in [-0.05, 0) is 56.1 Å². The fraction of sp³-hybridized carbons (Fsp3) is 0. The third-order valence-electron chi connectivity index (χ3n) is 2.24. The first-order valence-electron chi connectivity index (χ1n) is 5.05. The number of aromatic nitrogens is 1. The van der Waals surface area contributed by atoms with Crippen molar-refractivity contribution < 1.29 is 9.18 Å². The largest absolute Gasteiger partial charge is 0.320 e. The van der Waals surface area contributed by atoms with Crippen molar-refractivity contribution in [1.29, 1.82) is 0 Å². The average molecular weight is 408 g/mol. The number of nitrogens with zero attached hydrogens (tertiary/aromatic N) is 1. The summed E-state index contributed by atoms with van der Waals surface area (Å²) in [5, 5.41) is 3.04. The molecule has 2 aromatic rings. The Balaban J connectivity index is 2.25. The van der Waals surface area contributed by atoms with Crippen molar-refractivity contribution in [2.24, 2.45) is 0 Å². The Bertz CT molecular complexity index is 652. The summed E-state index contributed by atoms with van der Waals surface area (Å²) < 4.78 is 13.8. The molecule has 0 saturated carbocycles. The van der Waals surface area contributed by atoms with Gasteiger partial charge in [0, 0.05) is 11.8 Å². The highest BCUT2D eigenvalue weighted by Crippen LogP contribution is 2.24. The Morgan fingerprint density at radius 3 is 2.74 bits per heavy atom. The van der Waals surface area contributed by atoms with Gasteiger partial charge in [0.15, 0.2) is 0 Å². The summed E-state index contributed by atoms with van der Waals surface area (Å²) in [5.74, 6) is -0.812. The molecular formula is C12H6Br2ClFN2O. The molecule has 1 aromatic heterocycles. The van der Waals surface area contributed by atoms with E-state index >= 15 is 0 Å². The molecule has 0 aliphatic rings. The lowest BCUT2D eigenvalue weighted by atomic mass is 10.2. The normalized spacial score (nSPS) is 10.3. The molecule has 0 spiro atoms. The molecule has 1 N–H and O–H groups in total. The van der Waals surface area contributed by atoms with E-state index in [2.05, 4.69) is 42.2 Å². The van der Waals surface area contributed by atoms with Crippen molar-refractivity contribution in [3.05, 3.63) is 55.9 Å². The number of pyridine rings is 1. The van der Waals surface area contributed by atoms with Gasteiger partial charge in [-0.15, -0.1) is 0 Å². The van der Waals surface area contributed by atoms with Crippen molar-refractivity contribution in [1.82, 2.24) is 4.98 Å². The number of rotatable bonds is 2. The minimum Gasteiger partial charge on any atom is -0.320 e. The highest BCUT2D eigenvalue weighted by molar-refractivity contribution is 9.10. The highest BCUT2D eigenvalue weighted by Gasteiger charge is 2.11. The molecule has 2 rings (SSSR count). The second kappa shape index (κ2) is 5.98. The third-order valence-corrected chi connectivity index (χ3v) is 3.68. The maximum atomic E-state index is 13.1. The van der Waals surface area contributed by atoms with Crippen LogP contribution >= 0.6 is 43.5 Å². The van der Waals surface area contributed by atoms with Gasteiger partial charge in [0.1, 0.15) is 10.4 Å². The number of hydrogen-bond acceptors (Lipinski definition) is 2. The van der Waals surface area contributed by atoms with Gasteiger partial charge in [0.2, 0.25) is 0 Å². The Morgan fingerprint density at radius 1 is 1.32 bits per heavy atom. The Kier molecular flexibility index (Phi) is 4.54. The van der Waals surface area contributed by atoms with Gasteiger partial charge in [-0.25, -0.2) is 9.37 Å². The number of halogens is 4. The number of nitrogens with one attached hydrogen (secondary N) is 1. The lowest BCUT2D eigenvalue weighted by Crippen LogP contribution is -2.12. The van der Waals surface area contributed by atoms with E-state index in [9.17, 15) is 9.18 Å². The molecule has 0 bridgehead atoms. The van der Waals surface area contributed by atoms with Crippen molar-refractivity contribution in [3.63, 3.8) is 0 Å². The van der Waals surface area contributed by atoms with E-state index in [0.717, 1.165) is 0 Å². The first-order valence-corrected chi connectivity index (χ1v) is 7.01. The Labute approximate surface area is 130 Å². The number of benzene rings is 1. The van der Waals surface area contributed by atoms with Crippen LogP contribution in [0.3, 0.4) is 0 Å². The predicted molar refractivity (Wildman–Crippen MR) is 79.0 cm³/mol. The van der Waals surface area contributed by atoms with Crippen molar-refractivity contribution in [2.75, 3.05) is 5.32 Å².